The third-order valence-corrected chi connectivity index (χ3v) is 9.90. The van der Waals surface area contributed by atoms with E-state index in [1.807, 2.05) is 0 Å². The number of hydrogen-bond donors (Lipinski definition) is 0. The summed E-state index contributed by atoms with van der Waals surface area (Å²) in [5, 5.41) is 12.7. The number of fused-ring (bicyclic) bond motifs is 8. The third kappa shape index (κ3) is 4.17. The Hall–Kier alpha value is -6.18. The Morgan fingerprint density at radius 2 is 0.766 bits per heavy atom. The standard InChI is InChI=1S/C46H29N/c1-2-10-40(11-3-1)47-45-13-7-6-12-42(45)44-29-43-39(28-46(44)47)21-20-38-27-37(22-23-41(38)43)36-19-18-34-25-33(16-17-35(34)26-36)32-15-14-30-8-4-5-9-31(30)24-32/h1-29H. The summed E-state index contributed by atoms with van der Waals surface area (Å²) < 4.78 is 2.39. The van der Waals surface area contributed by atoms with Crippen LogP contribution in [0.2, 0.25) is 0 Å². The van der Waals surface area contributed by atoms with Crippen LogP contribution in [0.5, 0.6) is 0 Å². The van der Waals surface area contributed by atoms with Crippen LogP contribution in [-0.2, 0) is 0 Å². The van der Waals surface area contributed by atoms with Gasteiger partial charge in [0.2, 0.25) is 0 Å². The molecular weight excluding hydrogens is 567 g/mol. The van der Waals surface area contributed by atoms with Crippen molar-refractivity contribution in [2.75, 3.05) is 0 Å². The monoisotopic (exact) mass is 595 g/mol. The molecule has 1 heterocycles. The van der Waals surface area contributed by atoms with Crippen molar-refractivity contribution in [3.63, 3.8) is 0 Å². The quantitative estimate of drug-likeness (QED) is 0.179. The van der Waals surface area contributed by atoms with Crippen LogP contribution < -0.4 is 0 Å². The highest BCUT2D eigenvalue weighted by Crippen LogP contribution is 2.38. The molecule has 9 aromatic carbocycles. The molecule has 47 heavy (non-hydrogen) atoms. The van der Waals surface area contributed by atoms with Crippen molar-refractivity contribution >= 4 is 64.9 Å². The Kier molecular flexibility index (Phi) is 5.64. The van der Waals surface area contributed by atoms with Gasteiger partial charge in [0.05, 0.1) is 11.0 Å². The molecule has 0 spiro atoms. The molecule has 0 aliphatic carbocycles. The Labute approximate surface area is 272 Å². The van der Waals surface area contributed by atoms with E-state index in [9.17, 15) is 0 Å². The minimum atomic E-state index is 1.18. The van der Waals surface area contributed by atoms with Gasteiger partial charge in [0, 0.05) is 16.5 Å². The van der Waals surface area contributed by atoms with Gasteiger partial charge in [-0.15, -0.1) is 0 Å². The van der Waals surface area contributed by atoms with E-state index in [0.29, 0.717) is 0 Å². The first-order chi connectivity index (χ1) is 23.3. The molecule has 0 bridgehead atoms. The predicted octanol–water partition coefficient (Wildman–Crippen LogP) is 12.7. The van der Waals surface area contributed by atoms with E-state index in [2.05, 4.69) is 180 Å². The Morgan fingerprint density at radius 3 is 1.49 bits per heavy atom. The van der Waals surface area contributed by atoms with Crippen molar-refractivity contribution in [2.24, 2.45) is 0 Å². The summed E-state index contributed by atoms with van der Waals surface area (Å²) in [6.45, 7) is 0. The zero-order valence-electron chi connectivity index (χ0n) is 25.7. The molecule has 0 radical (unpaired) electrons. The maximum Gasteiger partial charge on any atom is 0.0547 e. The second-order valence-electron chi connectivity index (χ2n) is 12.6. The van der Waals surface area contributed by atoms with Crippen LogP contribution in [0.1, 0.15) is 0 Å². The second kappa shape index (κ2) is 10.2. The smallest absolute Gasteiger partial charge is 0.0547 e. The summed E-state index contributed by atoms with van der Waals surface area (Å²) in [5.41, 5.74) is 8.62. The minimum absolute atomic E-state index is 1.18. The molecule has 0 atom stereocenters. The van der Waals surface area contributed by atoms with Crippen molar-refractivity contribution < 1.29 is 0 Å². The molecule has 0 saturated carbocycles. The number of rotatable bonds is 3. The van der Waals surface area contributed by atoms with Crippen molar-refractivity contribution in [3.05, 3.63) is 176 Å². The van der Waals surface area contributed by atoms with E-state index in [0.717, 1.165) is 0 Å². The van der Waals surface area contributed by atoms with Gasteiger partial charge in [0.15, 0.2) is 0 Å². The number of benzene rings is 9. The van der Waals surface area contributed by atoms with Crippen molar-refractivity contribution in [1.29, 1.82) is 0 Å². The number of para-hydroxylation sites is 2. The zero-order chi connectivity index (χ0) is 30.9. The van der Waals surface area contributed by atoms with E-state index in [1.54, 1.807) is 0 Å². The van der Waals surface area contributed by atoms with Gasteiger partial charge in [-0.2, -0.15) is 0 Å². The van der Waals surface area contributed by atoms with Crippen LogP contribution in [0, 0.1) is 0 Å². The molecular formula is C46H29N. The van der Waals surface area contributed by atoms with Crippen LogP contribution >= 0.6 is 0 Å². The summed E-state index contributed by atoms with van der Waals surface area (Å²) in [5.74, 6) is 0. The largest absolute Gasteiger partial charge is 0.309 e. The zero-order valence-corrected chi connectivity index (χ0v) is 25.7. The molecule has 218 valence electrons. The predicted molar refractivity (Wildman–Crippen MR) is 202 cm³/mol. The molecule has 1 nitrogen and oxygen atoms in total. The van der Waals surface area contributed by atoms with Gasteiger partial charge < -0.3 is 4.57 Å². The van der Waals surface area contributed by atoms with Crippen LogP contribution in [0.3, 0.4) is 0 Å². The van der Waals surface area contributed by atoms with Crippen LogP contribution in [0.25, 0.3) is 92.8 Å². The average Bonchev–Trinajstić information content (AvgIpc) is 3.46. The van der Waals surface area contributed by atoms with E-state index in [1.165, 1.54) is 92.8 Å². The van der Waals surface area contributed by atoms with Crippen LogP contribution in [0.15, 0.2) is 176 Å². The molecule has 10 aromatic rings. The second-order valence-corrected chi connectivity index (χ2v) is 12.6. The molecule has 0 amide bonds. The summed E-state index contributed by atoms with van der Waals surface area (Å²) in [4.78, 5) is 0. The topological polar surface area (TPSA) is 4.93 Å². The number of aromatic nitrogens is 1. The summed E-state index contributed by atoms with van der Waals surface area (Å²) >= 11 is 0. The van der Waals surface area contributed by atoms with E-state index < -0.39 is 0 Å². The lowest BCUT2D eigenvalue weighted by Gasteiger charge is -2.11. The van der Waals surface area contributed by atoms with Gasteiger partial charge in [-0.1, -0.05) is 121 Å². The SMILES string of the molecule is c1ccc(-n2c3ccccc3c3cc4c(ccc5cc(-c6ccc7cc(-c8ccc9ccccc9c8)ccc7c6)ccc54)cc32)cc1. The molecule has 1 heteroatoms. The molecule has 10 rings (SSSR count). The van der Waals surface area contributed by atoms with Crippen molar-refractivity contribution in [1.82, 2.24) is 4.57 Å². The van der Waals surface area contributed by atoms with Gasteiger partial charge in [0.1, 0.15) is 0 Å². The fraction of sp³-hybridized carbons (Fsp3) is 0. The van der Waals surface area contributed by atoms with Crippen molar-refractivity contribution in [3.8, 4) is 27.9 Å². The Balaban J connectivity index is 1.06. The van der Waals surface area contributed by atoms with E-state index in [4.69, 9.17) is 0 Å². The highest BCUT2D eigenvalue weighted by molar-refractivity contribution is 6.18. The molecule has 1 aromatic heterocycles. The highest BCUT2D eigenvalue weighted by atomic mass is 15.0. The number of hydrogen-bond acceptors (Lipinski definition) is 0. The number of nitrogens with zero attached hydrogens (tertiary/aromatic N) is 1. The fourth-order valence-electron chi connectivity index (χ4n) is 7.54. The molecule has 0 unspecified atom stereocenters. The maximum atomic E-state index is 2.40. The first kappa shape index (κ1) is 26.1. The molecule has 0 saturated heterocycles. The van der Waals surface area contributed by atoms with Crippen molar-refractivity contribution in [2.45, 2.75) is 0 Å². The van der Waals surface area contributed by atoms with Gasteiger partial charge in [-0.3, -0.25) is 0 Å². The first-order valence-electron chi connectivity index (χ1n) is 16.3. The van der Waals surface area contributed by atoms with Gasteiger partial charge in [-0.25, -0.2) is 0 Å². The summed E-state index contributed by atoms with van der Waals surface area (Å²) in [6, 6.07) is 64.6. The maximum absolute atomic E-state index is 2.40. The lowest BCUT2D eigenvalue weighted by molar-refractivity contribution is 1.18. The molecule has 0 aliphatic rings. The lowest BCUT2D eigenvalue weighted by atomic mass is 9.94. The summed E-state index contributed by atoms with van der Waals surface area (Å²) in [6.07, 6.45) is 0. The molecule has 0 aliphatic heterocycles. The average molecular weight is 596 g/mol. The van der Waals surface area contributed by atoms with Gasteiger partial charge in [0.25, 0.3) is 0 Å². The normalized spacial score (nSPS) is 11.8. The lowest BCUT2D eigenvalue weighted by Crippen LogP contribution is -1.93. The molecule has 0 fully saturated rings. The fourth-order valence-corrected chi connectivity index (χ4v) is 7.54. The van der Waals surface area contributed by atoms with Gasteiger partial charge in [-0.05, 0) is 120 Å². The Bertz CT molecular complexity index is 2840. The highest BCUT2D eigenvalue weighted by Gasteiger charge is 2.14. The summed E-state index contributed by atoms with van der Waals surface area (Å²) in [7, 11) is 0. The van der Waals surface area contributed by atoms with Crippen LogP contribution in [0.4, 0.5) is 0 Å². The van der Waals surface area contributed by atoms with Crippen LogP contribution in [-0.4, -0.2) is 4.57 Å². The minimum Gasteiger partial charge on any atom is -0.309 e. The van der Waals surface area contributed by atoms with E-state index in [-0.39, 0.29) is 0 Å². The Morgan fingerprint density at radius 1 is 0.255 bits per heavy atom. The molecule has 0 N–H and O–H groups in total. The van der Waals surface area contributed by atoms with E-state index >= 15 is 0 Å². The third-order valence-electron chi connectivity index (χ3n) is 9.90. The first-order valence-corrected chi connectivity index (χ1v) is 16.3. The van der Waals surface area contributed by atoms with Gasteiger partial charge >= 0.3 is 0 Å².